The molecule has 0 bridgehead atoms. The first-order chi connectivity index (χ1) is 13.5. The summed E-state index contributed by atoms with van der Waals surface area (Å²) in [5.41, 5.74) is 5.07. The summed E-state index contributed by atoms with van der Waals surface area (Å²) in [6.07, 6.45) is 0. The van der Waals surface area contributed by atoms with Crippen LogP contribution in [0.15, 0.2) is 45.6 Å². The van der Waals surface area contributed by atoms with E-state index in [0.717, 1.165) is 0 Å². The zero-order valence-corrected chi connectivity index (χ0v) is 14.2. The van der Waals surface area contributed by atoms with Crippen molar-refractivity contribution in [1.82, 2.24) is 4.98 Å². The molecule has 4 N–H and O–H groups in total. The van der Waals surface area contributed by atoms with Crippen LogP contribution in [-0.4, -0.2) is 16.1 Å². The van der Waals surface area contributed by atoms with Crippen LogP contribution in [0.1, 0.15) is 27.4 Å². The van der Waals surface area contributed by atoms with E-state index in [0.29, 0.717) is 5.56 Å². The first-order valence-electron chi connectivity index (χ1n) is 7.86. The monoisotopic (exact) mass is 376 g/mol. The maximum atomic E-state index is 12.1. The van der Waals surface area contributed by atoms with Gasteiger partial charge in [0.15, 0.2) is 0 Å². The normalized spacial score (nSPS) is 10.1. The molecule has 0 amide bonds. The van der Waals surface area contributed by atoms with Crippen LogP contribution in [0.4, 0.5) is 5.82 Å². The minimum atomic E-state index is -1.21. The lowest BCUT2D eigenvalue weighted by Crippen LogP contribution is -2.16. The molecule has 0 atom stereocenters. The summed E-state index contributed by atoms with van der Waals surface area (Å²) in [5, 5.41) is 27.7. The molecule has 1 aromatic carbocycles. The Bertz CT molecular complexity index is 1210. The van der Waals surface area contributed by atoms with Crippen LogP contribution in [-0.2, 0) is 6.61 Å². The summed E-state index contributed by atoms with van der Waals surface area (Å²) in [6.45, 7) is -0.104. The standard InChI is InChI=1S/C19H12N4O5/c20-7-12-16(13(8-21)18(24)23-17(12)22)11-3-1-2-4-14(11)27-9-10-5-6-15(28-10)19(25)26/h1-6H,9H2,(H,25,26)(H3,22,23,24). The number of benzene rings is 1. The molecule has 2 aromatic heterocycles. The quantitative estimate of drug-likeness (QED) is 0.609. The van der Waals surface area contributed by atoms with E-state index in [2.05, 4.69) is 4.98 Å². The van der Waals surface area contributed by atoms with Crippen molar-refractivity contribution < 1.29 is 19.1 Å². The summed E-state index contributed by atoms with van der Waals surface area (Å²) in [6, 6.07) is 12.9. The van der Waals surface area contributed by atoms with Gasteiger partial charge in [-0.1, -0.05) is 18.2 Å². The SMILES string of the molecule is N#Cc1c(N)[nH]c(=O)c(C#N)c1-c1ccccc1OCc1ccc(C(=O)O)o1. The van der Waals surface area contributed by atoms with E-state index >= 15 is 0 Å². The average molecular weight is 376 g/mol. The number of hydrogen-bond acceptors (Lipinski definition) is 7. The van der Waals surface area contributed by atoms with Gasteiger partial charge in [-0.05, 0) is 18.2 Å². The smallest absolute Gasteiger partial charge is 0.371 e. The number of aromatic nitrogens is 1. The predicted octanol–water partition coefficient (Wildman–Crippen LogP) is 2.24. The summed E-state index contributed by atoms with van der Waals surface area (Å²) in [5.74, 6) is -1.07. The van der Waals surface area contributed by atoms with E-state index in [-0.39, 0.29) is 46.4 Å². The molecule has 9 heteroatoms. The molecule has 2 heterocycles. The van der Waals surface area contributed by atoms with Crippen molar-refractivity contribution in [2.45, 2.75) is 6.61 Å². The Kier molecular flexibility index (Phi) is 4.83. The van der Waals surface area contributed by atoms with Gasteiger partial charge in [0.05, 0.1) is 0 Å². The maximum absolute atomic E-state index is 12.1. The maximum Gasteiger partial charge on any atom is 0.371 e. The molecule has 0 radical (unpaired) electrons. The van der Waals surface area contributed by atoms with Crippen LogP contribution in [0.2, 0.25) is 0 Å². The predicted molar refractivity (Wildman–Crippen MR) is 96.3 cm³/mol. The lowest BCUT2D eigenvalue weighted by molar-refractivity contribution is 0.0658. The molecule has 3 aromatic rings. The number of carboxylic acids is 1. The first-order valence-corrected chi connectivity index (χ1v) is 7.86. The number of ether oxygens (including phenoxy) is 1. The number of carboxylic acid groups (broad SMARTS) is 1. The number of anilines is 1. The van der Waals surface area contributed by atoms with Crippen LogP contribution in [0, 0.1) is 22.7 Å². The number of H-pyrrole nitrogens is 1. The van der Waals surface area contributed by atoms with Gasteiger partial charge in [0, 0.05) is 11.1 Å². The number of hydrogen-bond donors (Lipinski definition) is 3. The third kappa shape index (κ3) is 3.28. The molecule has 0 spiro atoms. The summed E-state index contributed by atoms with van der Waals surface area (Å²) in [4.78, 5) is 25.3. The van der Waals surface area contributed by atoms with Gasteiger partial charge < -0.3 is 25.0 Å². The molecule has 138 valence electrons. The number of rotatable bonds is 5. The Morgan fingerprint density at radius 1 is 1.18 bits per heavy atom. The summed E-state index contributed by atoms with van der Waals surface area (Å²) < 4.78 is 10.8. The fourth-order valence-electron chi connectivity index (χ4n) is 2.63. The van der Waals surface area contributed by atoms with E-state index in [1.54, 1.807) is 30.3 Å². The van der Waals surface area contributed by atoms with E-state index in [4.69, 9.17) is 20.0 Å². The van der Waals surface area contributed by atoms with Gasteiger partial charge in [0.1, 0.15) is 47.2 Å². The minimum Gasteiger partial charge on any atom is -0.485 e. The summed E-state index contributed by atoms with van der Waals surface area (Å²) in [7, 11) is 0. The number of para-hydroxylation sites is 1. The van der Waals surface area contributed by atoms with Crippen molar-refractivity contribution in [1.29, 1.82) is 10.5 Å². The van der Waals surface area contributed by atoms with Crippen molar-refractivity contribution in [3.05, 3.63) is 69.4 Å². The molecular weight excluding hydrogens is 364 g/mol. The molecular formula is C19H12N4O5. The third-order valence-corrected chi connectivity index (χ3v) is 3.87. The zero-order valence-electron chi connectivity index (χ0n) is 14.2. The van der Waals surface area contributed by atoms with Gasteiger partial charge >= 0.3 is 5.97 Å². The van der Waals surface area contributed by atoms with Crippen LogP contribution < -0.4 is 16.0 Å². The number of aromatic carboxylic acids is 1. The zero-order chi connectivity index (χ0) is 20.3. The Hall–Kier alpha value is -4.50. The average Bonchev–Trinajstić information content (AvgIpc) is 3.15. The highest BCUT2D eigenvalue weighted by Gasteiger charge is 2.21. The molecule has 9 nitrogen and oxygen atoms in total. The fourth-order valence-corrected chi connectivity index (χ4v) is 2.63. The van der Waals surface area contributed by atoms with Gasteiger partial charge in [0.2, 0.25) is 5.76 Å². The lowest BCUT2D eigenvalue weighted by Gasteiger charge is -2.13. The second kappa shape index (κ2) is 7.40. The number of nitrogens with two attached hydrogens (primary N) is 1. The second-order valence-electron chi connectivity index (χ2n) is 5.57. The summed E-state index contributed by atoms with van der Waals surface area (Å²) >= 11 is 0. The van der Waals surface area contributed by atoms with E-state index in [1.165, 1.54) is 12.1 Å². The van der Waals surface area contributed by atoms with Crippen molar-refractivity contribution in [3.63, 3.8) is 0 Å². The van der Waals surface area contributed by atoms with Crippen molar-refractivity contribution >= 4 is 11.8 Å². The highest BCUT2D eigenvalue weighted by atomic mass is 16.5. The molecule has 0 aliphatic rings. The van der Waals surface area contributed by atoms with Gasteiger partial charge in [0.25, 0.3) is 5.56 Å². The number of nitrogens with one attached hydrogen (secondary N) is 1. The number of aromatic amines is 1. The van der Waals surface area contributed by atoms with Gasteiger partial charge in [-0.25, -0.2) is 4.79 Å². The lowest BCUT2D eigenvalue weighted by atomic mass is 9.96. The molecule has 28 heavy (non-hydrogen) atoms. The number of nitrogen functional groups attached to an aromatic ring is 1. The molecule has 0 aliphatic carbocycles. The Morgan fingerprint density at radius 2 is 1.89 bits per heavy atom. The second-order valence-corrected chi connectivity index (χ2v) is 5.57. The van der Waals surface area contributed by atoms with Crippen molar-refractivity contribution in [3.8, 4) is 29.0 Å². The fraction of sp³-hybridized carbons (Fsp3) is 0.0526. The molecule has 0 saturated heterocycles. The number of nitriles is 2. The topological polar surface area (TPSA) is 166 Å². The van der Waals surface area contributed by atoms with E-state index in [1.807, 2.05) is 6.07 Å². The number of pyridine rings is 1. The van der Waals surface area contributed by atoms with Crippen LogP contribution in [0.3, 0.4) is 0 Å². The Balaban J connectivity index is 2.06. The van der Waals surface area contributed by atoms with Gasteiger partial charge in [-0.3, -0.25) is 4.79 Å². The number of nitrogens with zero attached hydrogens (tertiary/aromatic N) is 2. The van der Waals surface area contributed by atoms with Gasteiger partial charge in [-0.2, -0.15) is 10.5 Å². The van der Waals surface area contributed by atoms with Crippen LogP contribution in [0.5, 0.6) is 5.75 Å². The molecule has 0 unspecified atom stereocenters. The first kappa shape index (κ1) is 18.3. The molecule has 0 saturated carbocycles. The van der Waals surface area contributed by atoms with E-state index < -0.39 is 11.5 Å². The highest BCUT2D eigenvalue weighted by molar-refractivity contribution is 5.84. The molecule has 0 aliphatic heterocycles. The molecule has 3 rings (SSSR count). The Labute approximate surface area is 157 Å². The van der Waals surface area contributed by atoms with E-state index in [9.17, 15) is 20.1 Å². The largest absolute Gasteiger partial charge is 0.485 e. The van der Waals surface area contributed by atoms with Crippen LogP contribution >= 0.6 is 0 Å². The Morgan fingerprint density at radius 3 is 2.54 bits per heavy atom. The van der Waals surface area contributed by atoms with Crippen molar-refractivity contribution in [2.24, 2.45) is 0 Å². The van der Waals surface area contributed by atoms with Gasteiger partial charge in [-0.15, -0.1) is 0 Å². The number of carbonyl (C=O) groups is 1. The molecule has 0 fully saturated rings. The van der Waals surface area contributed by atoms with Crippen LogP contribution in [0.25, 0.3) is 11.1 Å². The number of furan rings is 1. The van der Waals surface area contributed by atoms with Crippen molar-refractivity contribution in [2.75, 3.05) is 5.73 Å². The minimum absolute atomic E-state index is 0.0571. The third-order valence-electron chi connectivity index (χ3n) is 3.87. The highest BCUT2D eigenvalue weighted by Crippen LogP contribution is 2.35.